The van der Waals surface area contributed by atoms with E-state index < -0.39 is 14.3 Å². The first kappa shape index (κ1) is 24.7. The van der Waals surface area contributed by atoms with Gasteiger partial charge in [-0.25, -0.2) is 18.7 Å². The summed E-state index contributed by atoms with van der Waals surface area (Å²) in [6, 6.07) is 5.70. The molecule has 2 N–H and O–H groups in total. The number of ether oxygens (including phenoxy) is 1. The highest BCUT2D eigenvalue weighted by Crippen LogP contribution is 2.36. The number of carboxylic acids is 1. The number of rotatable bonds is 9. The van der Waals surface area contributed by atoms with E-state index in [9.17, 15) is 14.3 Å². The Morgan fingerprint density at radius 1 is 1.27 bits per heavy atom. The molecular weight excluding hydrogens is 443 g/mol. The van der Waals surface area contributed by atoms with Crippen molar-refractivity contribution in [2.45, 2.75) is 51.9 Å². The predicted molar refractivity (Wildman–Crippen MR) is 127 cm³/mol. The highest BCUT2D eigenvalue weighted by molar-refractivity contribution is 6.74. The van der Waals surface area contributed by atoms with E-state index in [-0.39, 0.29) is 28.1 Å². The minimum atomic E-state index is -1.88. The molecule has 2 aromatic heterocycles. The summed E-state index contributed by atoms with van der Waals surface area (Å²) in [6.07, 6.45) is 2.87. The largest absolute Gasteiger partial charge is 0.491 e. The van der Waals surface area contributed by atoms with Crippen molar-refractivity contribution in [2.75, 3.05) is 18.5 Å². The van der Waals surface area contributed by atoms with Crippen molar-refractivity contribution in [1.82, 2.24) is 14.6 Å². The van der Waals surface area contributed by atoms with Gasteiger partial charge in [0.05, 0.1) is 18.8 Å². The lowest BCUT2D eigenvalue weighted by Gasteiger charge is -2.36. The molecule has 0 amide bonds. The number of carbonyl (C=O) groups is 1. The van der Waals surface area contributed by atoms with Crippen molar-refractivity contribution in [2.24, 2.45) is 0 Å². The summed E-state index contributed by atoms with van der Waals surface area (Å²) in [4.78, 5) is 15.7. The number of benzene rings is 1. The molecule has 1 aromatic carbocycles. The highest BCUT2D eigenvalue weighted by atomic mass is 28.4. The second-order valence-corrected chi connectivity index (χ2v) is 14.3. The summed E-state index contributed by atoms with van der Waals surface area (Å²) in [5.41, 5.74) is 0.844. The van der Waals surface area contributed by atoms with Gasteiger partial charge in [-0.15, -0.1) is 0 Å². The lowest BCUT2D eigenvalue weighted by molar-refractivity contribution is 0.0698. The van der Waals surface area contributed by atoms with Gasteiger partial charge in [0.25, 0.3) is 0 Å². The Morgan fingerprint density at radius 2 is 2.00 bits per heavy atom. The Bertz CT molecular complexity index is 1140. The molecule has 33 heavy (non-hydrogen) atoms. The van der Waals surface area contributed by atoms with Gasteiger partial charge in [0.2, 0.25) is 0 Å². The molecule has 0 fully saturated rings. The Kier molecular flexibility index (Phi) is 7.08. The van der Waals surface area contributed by atoms with Crippen LogP contribution in [-0.2, 0) is 4.43 Å². The number of hydrogen-bond donors (Lipinski definition) is 2. The Balaban J connectivity index is 1.72. The van der Waals surface area contributed by atoms with Crippen molar-refractivity contribution >= 4 is 25.8 Å². The number of anilines is 1. The van der Waals surface area contributed by atoms with Crippen LogP contribution in [0, 0.1) is 5.82 Å². The van der Waals surface area contributed by atoms with Crippen LogP contribution in [0.2, 0.25) is 18.1 Å². The van der Waals surface area contributed by atoms with E-state index in [1.807, 2.05) is 6.92 Å². The molecule has 1 atom stereocenters. The first-order valence-electron chi connectivity index (χ1n) is 10.8. The SMILES string of the molecule is CC(Nc1ccn2ncc(C(=O)O)c2n1)c1cc(F)ccc1OCCO[Si](C)(C)C(C)(C)C. The first-order valence-corrected chi connectivity index (χ1v) is 13.7. The fourth-order valence-electron chi connectivity index (χ4n) is 3.05. The monoisotopic (exact) mass is 474 g/mol. The van der Waals surface area contributed by atoms with E-state index in [0.29, 0.717) is 30.3 Å². The Hall–Kier alpha value is -2.98. The molecule has 3 rings (SSSR count). The minimum absolute atomic E-state index is 0.00260. The Labute approximate surface area is 193 Å². The molecule has 2 heterocycles. The summed E-state index contributed by atoms with van der Waals surface area (Å²) < 4.78 is 27.5. The number of aromatic nitrogens is 3. The van der Waals surface area contributed by atoms with E-state index in [0.717, 1.165) is 0 Å². The van der Waals surface area contributed by atoms with E-state index in [2.05, 4.69) is 49.3 Å². The van der Waals surface area contributed by atoms with Gasteiger partial charge in [0.1, 0.15) is 29.6 Å². The number of nitrogens with one attached hydrogen (secondary N) is 1. The third-order valence-corrected chi connectivity index (χ3v) is 10.6. The highest BCUT2D eigenvalue weighted by Gasteiger charge is 2.36. The fourth-order valence-corrected chi connectivity index (χ4v) is 4.08. The number of halogens is 1. The molecule has 0 radical (unpaired) electrons. The Morgan fingerprint density at radius 3 is 2.67 bits per heavy atom. The van der Waals surface area contributed by atoms with Gasteiger partial charge in [-0.1, -0.05) is 20.8 Å². The molecule has 3 aromatic rings. The topological polar surface area (TPSA) is 98.0 Å². The lowest BCUT2D eigenvalue weighted by atomic mass is 10.1. The molecule has 0 saturated carbocycles. The molecule has 178 valence electrons. The van der Waals surface area contributed by atoms with Crippen LogP contribution in [0.5, 0.6) is 5.75 Å². The molecule has 0 spiro atoms. The van der Waals surface area contributed by atoms with Crippen LogP contribution in [0.15, 0.2) is 36.7 Å². The quantitative estimate of drug-likeness (QED) is 0.327. The van der Waals surface area contributed by atoms with Gasteiger partial charge in [-0.3, -0.25) is 0 Å². The van der Waals surface area contributed by atoms with Gasteiger partial charge in [-0.05, 0) is 49.3 Å². The average Bonchev–Trinajstić information content (AvgIpc) is 3.14. The molecule has 10 heteroatoms. The molecule has 0 aliphatic carbocycles. The van der Waals surface area contributed by atoms with E-state index in [1.165, 1.54) is 22.8 Å². The maximum atomic E-state index is 14.0. The van der Waals surface area contributed by atoms with E-state index >= 15 is 0 Å². The van der Waals surface area contributed by atoms with E-state index in [1.54, 1.807) is 18.3 Å². The van der Waals surface area contributed by atoms with Crippen LogP contribution in [0.1, 0.15) is 49.7 Å². The lowest BCUT2D eigenvalue weighted by Crippen LogP contribution is -2.41. The summed E-state index contributed by atoms with van der Waals surface area (Å²) in [6.45, 7) is 13.6. The fraction of sp³-hybridized carbons (Fsp3) is 0.435. The third kappa shape index (κ3) is 5.69. The van der Waals surface area contributed by atoms with Crippen molar-refractivity contribution < 1.29 is 23.5 Å². The average molecular weight is 475 g/mol. The van der Waals surface area contributed by atoms with Gasteiger partial charge >= 0.3 is 5.97 Å². The summed E-state index contributed by atoms with van der Waals surface area (Å²) in [7, 11) is -1.88. The van der Waals surface area contributed by atoms with Crippen LogP contribution in [-0.4, -0.2) is 47.2 Å². The molecule has 0 saturated heterocycles. The maximum absolute atomic E-state index is 14.0. The van der Waals surface area contributed by atoms with Crippen LogP contribution < -0.4 is 10.1 Å². The van der Waals surface area contributed by atoms with Crippen molar-refractivity contribution in [3.63, 3.8) is 0 Å². The molecule has 8 nitrogen and oxygen atoms in total. The zero-order chi connectivity index (χ0) is 24.4. The molecule has 0 aliphatic heterocycles. The number of aromatic carboxylic acids is 1. The van der Waals surface area contributed by atoms with Gasteiger partial charge in [0.15, 0.2) is 14.0 Å². The van der Waals surface area contributed by atoms with Crippen LogP contribution >= 0.6 is 0 Å². The number of carboxylic acid groups (broad SMARTS) is 1. The molecular formula is C23H31FN4O4Si. The standard InChI is InChI=1S/C23H31FN4O4Si/c1-15(26-20-9-10-28-21(27-20)18(14-25-28)22(29)30)17-13-16(24)7-8-19(17)31-11-12-32-33(5,6)23(2,3)4/h7-10,13-15H,11-12H2,1-6H3,(H,26,27)(H,29,30). The van der Waals surface area contributed by atoms with Crippen molar-refractivity contribution in [1.29, 1.82) is 0 Å². The summed E-state index contributed by atoms with van der Waals surface area (Å²) in [5, 5.41) is 16.6. The second-order valence-electron chi connectivity index (χ2n) is 9.45. The van der Waals surface area contributed by atoms with Crippen molar-refractivity contribution in [3.05, 3.63) is 53.6 Å². The van der Waals surface area contributed by atoms with Gasteiger partial charge in [0, 0.05) is 11.8 Å². The predicted octanol–water partition coefficient (Wildman–Crippen LogP) is 5.14. The minimum Gasteiger partial charge on any atom is -0.491 e. The molecule has 1 unspecified atom stereocenters. The summed E-state index contributed by atoms with van der Waals surface area (Å²) in [5.74, 6) is -0.499. The number of hydrogen-bond acceptors (Lipinski definition) is 6. The number of nitrogens with zero attached hydrogens (tertiary/aromatic N) is 3. The summed E-state index contributed by atoms with van der Waals surface area (Å²) >= 11 is 0. The van der Waals surface area contributed by atoms with E-state index in [4.69, 9.17) is 9.16 Å². The van der Waals surface area contributed by atoms with Crippen molar-refractivity contribution in [3.8, 4) is 5.75 Å². The zero-order valence-electron chi connectivity index (χ0n) is 19.8. The van der Waals surface area contributed by atoms with Gasteiger partial charge < -0.3 is 19.6 Å². The van der Waals surface area contributed by atoms with Crippen LogP contribution in [0.3, 0.4) is 0 Å². The second kappa shape index (κ2) is 9.48. The molecule has 0 aliphatic rings. The third-order valence-electron chi connectivity index (χ3n) is 6.01. The normalized spacial score (nSPS) is 13.2. The zero-order valence-corrected chi connectivity index (χ0v) is 20.8. The molecule has 0 bridgehead atoms. The van der Waals surface area contributed by atoms with Gasteiger partial charge in [-0.2, -0.15) is 5.10 Å². The first-order chi connectivity index (χ1) is 15.4. The smallest absolute Gasteiger partial charge is 0.341 e. The number of fused-ring (bicyclic) bond motifs is 1. The van der Waals surface area contributed by atoms with Crippen LogP contribution in [0.25, 0.3) is 5.65 Å². The van der Waals surface area contributed by atoms with Crippen LogP contribution in [0.4, 0.5) is 10.2 Å². The maximum Gasteiger partial charge on any atom is 0.341 e.